The van der Waals surface area contributed by atoms with Crippen molar-refractivity contribution in [2.75, 3.05) is 40.4 Å². The number of nitrogens with one attached hydrogen (secondary N) is 1. The number of hydrogen-bond acceptors (Lipinski definition) is 3. The summed E-state index contributed by atoms with van der Waals surface area (Å²) < 4.78 is 4.95. The van der Waals surface area contributed by atoms with E-state index in [0.29, 0.717) is 18.9 Å². The molecule has 4 nitrogen and oxygen atoms in total. The fourth-order valence-electron chi connectivity index (χ4n) is 2.20. The van der Waals surface area contributed by atoms with E-state index < -0.39 is 0 Å². The van der Waals surface area contributed by atoms with Crippen molar-refractivity contribution in [3.63, 3.8) is 0 Å². The highest BCUT2D eigenvalue weighted by atomic mass is 35.5. The van der Waals surface area contributed by atoms with E-state index in [1.807, 2.05) is 11.9 Å². The molecule has 0 aromatic rings. The van der Waals surface area contributed by atoms with Gasteiger partial charge in [-0.15, -0.1) is 12.4 Å². The Morgan fingerprint density at radius 1 is 1.41 bits per heavy atom. The van der Waals surface area contributed by atoms with Crippen molar-refractivity contribution in [1.82, 2.24) is 10.2 Å². The first-order valence-corrected chi connectivity index (χ1v) is 6.19. The number of piperidine rings is 1. The lowest BCUT2D eigenvalue weighted by Gasteiger charge is -2.32. The van der Waals surface area contributed by atoms with Crippen molar-refractivity contribution in [2.24, 2.45) is 5.92 Å². The molecule has 0 saturated carbocycles. The lowest BCUT2D eigenvalue weighted by Crippen LogP contribution is -2.40. The molecule has 1 amide bonds. The molecule has 1 fully saturated rings. The third kappa shape index (κ3) is 6.24. The molecule has 1 heterocycles. The van der Waals surface area contributed by atoms with Gasteiger partial charge in [-0.2, -0.15) is 0 Å². The zero-order valence-electron chi connectivity index (χ0n) is 10.9. The monoisotopic (exact) mass is 264 g/mol. The summed E-state index contributed by atoms with van der Waals surface area (Å²) in [4.78, 5) is 13.8. The highest BCUT2D eigenvalue weighted by molar-refractivity contribution is 5.85. The Morgan fingerprint density at radius 3 is 2.59 bits per heavy atom. The van der Waals surface area contributed by atoms with Crippen LogP contribution in [0.3, 0.4) is 0 Å². The van der Waals surface area contributed by atoms with Crippen molar-refractivity contribution >= 4 is 18.3 Å². The van der Waals surface area contributed by atoms with Gasteiger partial charge in [0.2, 0.25) is 5.91 Å². The number of ether oxygens (including phenoxy) is 1. The number of halogens is 1. The first-order valence-electron chi connectivity index (χ1n) is 6.19. The Bertz CT molecular complexity index is 207. The van der Waals surface area contributed by atoms with Gasteiger partial charge in [0, 0.05) is 33.2 Å². The smallest absolute Gasteiger partial charge is 0.222 e. The third-order valence-corrected chi connectivity index (χ3v) is 3.20. The summed E-state index contributed by atoms with van der Waals surface area (Å²) in [6.45, 7) is 3.62. The lowest BCUT2D eigenvalue weighted by atomic mass is 9.96. The van der Waals surface area contributed by atoms with Crippen molar-refractivity contribution < 1.29 is 9.53 Å². The van der Waals surface area contributed by atoms with Crippen LogP contribution in [0.5, 0.6) is 0 Å². The molecule has 1 N–H and O–H groups in total. The van der Waals surface area contributed by atoms with E-state index in [1.165, 1.54) is 0 Å². The Morgan fingerprint density at radius 2 is 2.06 bits per heavy atom. The van der Waals surface area contributed by atoms with Crippen LogP contribution in [0, 0.1) is 5.92 Å². The summed E-state index contributed by atoms with van der Waals surface area (Å²) in [6.07, 6.45) is 3.74. The number of carbonyl (C=O) groups excluding carboxylic acids is 1. The Balaban J connectivity index is 0.00000256. The van der Waals surface area contributed by atoms with Gasteiger partial charge in [0.25, 0.3) is 0 Å². The zero-order valence-corrected chi connectivity index (χ0v) is 11.7. The number of likely N-dealkylation sites (tertiary alicyclic amines) is 1. The van der Waals surface area contributed by atoms with Gasteiger partial charge in [0.15, 0.2) is 0 Å². The number of carbonyl (C=O) groups is 1. The maximum Gasteiger partial charge on any atom is 0.222 e. The average molecular weight is 265 g/mol. The molecule has 0 aliphatic carbocycles. The highest BCUT2D eigenvalue weighted by Crippen LogP contribution is 2.17. The predicted octanol–water partition coefficient (Wildman–Crippen LogP) is 1.29. The summed E-state index contributed by atoms with van der Waals surface area (Å²) in [5.74, 6) is 1.04. The lowest BCUT2D eigenvalue weighted by molar-refractivity contribution is -0.132. The van der Waals surface area contributed by atoms with Crippen LogP contribution in [-0.4, -0.2) is 51.2 Å². The van der Waals surface area contributed by atoms with Crippen LogP contribution < -0.4 is 5.32 Å². The van der Waals surface area contributed by atoms with E-state index in [1.54, 1.807) is 7.11 Å². The van der Waals surface area contributed by atoms with Gasteiger partial charge in [-0.1, -0.05) is 0 Å². The topological polar surface area (TPSA) is 41.6 Å². The summed E-state index contributed by atoms with van der Waals surface area (Å²) in [5.41, 5.74) is 0. The van der Waals surface area contributed by atoms with Crippen LogP contribution in [0.4, 0.5) is 0 Å². The van der Waals surface area contributed by atoms with Gasteiger partial charge in [-0.3, -0.25) is 4.79 Å². The van der Waals surface area contributed by atoms with E-state index in [9.17, 15) is 4.79 Å². The molecule has 1 aliphatic heterocycles. The molecule has 0 radical (unpaired) electrons. The van der Waals surface area contributed by atoms with Crippen molar-refractivity contribution in [2.45, 2.75) is 25.7 Å². The summed E-state index contributed by atoms with van der Waals surface area (Å²) in [6, 6.07) is 0. The minimum absolute atomic E-state index is 0. The second-order valence-corrected chi connectivity index (χ2v) is 4.48. The van der Waals surface area contributed by atoms with E-state index in [0.717, 1.165) is 44.8 Å². The number of rotatable bonds is 6. The minimum atomic E-state index is 0. The highest BCUT2D eigenvalue weighted by Gasteiger charge is 2.21. The first-order chi connectivity index (χ1) is 7.77. The molecule has 0 spiro atoms. The molecule has 1 aliphatic rings. The molecule has 17 heavy (non-hydrogen) atoms. The van der Waals surface area contributed by atoms with Crippen LogP contribution in [0.2, 0.25) is 0 Å². The fourth-order valence-corrected chi connectivity index (χ4v) is 2.20. The summed E-state index contributed by atoms with van der Waals surface area (Å²) >= 11 is 0. The van der Waals surface area contributed by atoms with Gasteiger partial charge in [0.05, 0.1) is 0 Å². The van der Waals surface area contributed by atoms with Gasteiger partial charge in [0.1, 0.15) is 0 Å². The standard InChI is InChI=1S/C12H24N2O2.ClH/c1-13-10-11-5-7-14(8-6-11)12(15)4-3-9-16-2;/h11,13H,3-10H2,1-2H3;1H. The van der Waals surface area contributed by atoms with Crippen LogP contribution >= 0.6 is 12.4 Å². The van der Waals surface area contributed by atoms with Gasteiger partial charge in [-0.05, 0) is 38.8 Å². The zero-order chi connectivity index (χ0) is 11.8. The first kappa shape index (κ1) is 16.7. The maximum atomic E-state index is 11.8. The quantitative estimate of drug-likeness (QED) is 0.735. The van der Waals surface area contributed by atoms with Crippen molar-refractivity contribution in [3.05, 3.63) is 0 Å². The SMILES string of the molecule is CNCC1CCN(C(=O)CCCOC)CC1.Cl. The molecular weight excluding hydrogens is 240 g/mol. The molecule has 0 atom stereocenters. The fraction of sp³-hybridized carbons (Fsp3) is 0.917. The Kier molecular flexibility index (Phi) is 9.50. The number of hydrogen-bond donors (Lipinski definition) is 1. The molecule has 1 rings (SSSR count). The summed E-state index contributed by atoms with van der Waals surface area (Å²) in [5, 5.41) is 3.20. The molecule has 102 valence electrons. The van der Waals surface area contributed by atoms with Crippen LogP contribution in [-0.2, 0) is 9.53 Å². The maximum absolute atomic E-state index is 11.8. The molecule has 0 bridgehead atoms. The van der Waals surface area contributed by atoms with Gasteiger partial charge >= 0.3 is 0 Å². The summed E-state index contributed by atoms with van der Waals surface area (Å²) in [7, 11) is 3.66. The number of methoxy groups -OCH3 is 1. The molecule has 1 saturated heterocycles. The van der Waals surface area contributed by atoms with Crippen molar-refractivity contribution in [1.29, 1.82) is 0 Å². The largest absolute Gasteiger partial charge is 0.385 e. The van der Waals surface area contributed by atoms with Crippen LogP contribution in [0.1, 0.15) is 25.7 Å². The Hall–Kier alpha value is -0.320. The van der Waals surface area contributed by atoms with Gasteiger partial charge < -0.3 is 15.0 Å². The van der Waals surface area contributed by atoms with Gasteiger partial charge in [-0.25, -0.2) is 0 Å². The second-order valence-electron chi connectivity index (χ2n) is 4.48. The molecular formula is C12H25ClN2O2. The minimum Gasteiger partial charge on any atom is -0.385 e. The van der Waals surface area contributed by atoms with Crippen LogP contribution in [0.25, 0.3) is 0 Å². The predicted molar refractivity (Wildman–Crippen MR) is 71.6 cm³/mol. The molecule has 0 aromatic carbocycles. The van der Waals surface area contributed by atoms with E-state index in [4.69, 9.17) is 4.74 Å². The van der Waals surface area contributed by atoms with E-state index in [-0.39, 0.29) is 12.4 Å². The normalized spacial score (nSPS) is 16.7. The molecule has 5 heteroatoms. The van der Waals surface area contributed by atoms with Crippen molar-refractivity contribution in [3.8, 4) is 0 Å². The molecule has 0 aromatic heterocycles. The van der Waals surface area contributed by atoms with E-state index in [2.05, 4.69) is 5.32 Å². The average Bonchev–Trinajstić information content (AvgIpc) is 2.30. The Labute approximate surface area is 110 Å². The third-order valence-electron chi connectivity index (χ3n) is 3.20. The second kappa shape index (κ2) is 9.68. The van der Waals surface area contributed by atoms with Crippen LogP contribution in [0.15, 0.2) is 0 Å². The number of nitrogens with zero attached hydrogens (tertiary/aromatic N) is 1. The number of amides is 1. The molecule has 0 unspecified atom stereocenters. The van der Waals surface area contributed by atoms with E-state index >= 15 is 0 Å².